The summed E-state index contributed by atoms with van der Waals surface area (Å²) in [7, 11) is 0. The fraction of sp³-hybridized carbons (Fsp3) is 0.231. The van der Waals surface area contributed by atoms with E-state index >= 15 is 0 Å². The van der Waals surface area contributed by atoms with E-state index in [9.17, 15) is 4.79 Å². The number of carbonyl (C=O) groups excluding carboxylic acids is 1. The Morgan fingerprint density at radius 2 is 2.24 bits per heavy atom. The number of hydrogen-bond acceptors (Lipinski definition) is 2. The van der Waals surface area contributed by atoms with Gasteiger partial charge in [0, 0.05) is 17.1 Å². The maximum Gasteiger partial charge on any atom is 0.166 e. The van der Waals surface area contributed by atoms with Crippen molar-refractivity contribution in [2.75, 3.05) is 0 Å². The lowest BCUT2D eigenvalue weighted by molar-refractivity contribution is 0.0964. The molecule has 1 aromatic heterocycles. The number of nitrogens with zero attached hydrogens (tertiary/aromatic N) is 1. The topological polar surface area (TPSA) is 45.8 Å². The minimum Gasteiger partial charge on any atom is -0.294 e. The van der Waals surface area contributed by atoms with Gasteiger partial charge in [0.2, 0.25) is 0 Å². The van der Waals surface area contributed by atoms with Crippen molar-refractivity contribution < 1.29 is 4.79 Å². The van der Waals surface area contributed by atoms with E-state index in [2.05, 4.69) is 10.2 Å². The standard InChI is InChI=1S/C13H11ClN2O/c14-10-3-1-2-8(4-10)9-5-12-11(7-15-16-12)13(17)6-9/h1-4,7,9H,5-6H2,(H,15,16)/t9-/m0/s1. The largest absolute Gasteiger partial charge is 0.294 e. The van der Waals surface area contributed by atoms with E-state index in [0.29, 0.717) is 11.4 Å². The van der Waals surface area contributed by atoms with Crippen molar-refractivity contribution in [3.05, 3.63) is 52.3 Å². The smallest absolute Gasteiger partial charge is 0.166 e. The first-order chi connectivity index (χ1) is 8.24. The monoisotopic (exact) mass is 246 g/mol. The number of halogens is 1. The molecule has 86 valence electrons. The van der Waals surface area contributed by atoms with Crippen LogP contribution >= 0.6 is 11.6 Å². The van der Waals surface area contributed by atoms with Gasteiger partial charge in [0.1, 0.15) is 0 Å². The zero-order chi connectivity index (χ0) is 11.8. The summed E-state index contributed by atoms with van der Waals surface area (Å²) in [4.78, 5) is 11.9. The average molecular weight is 247 g/mol. The summed E-state index contributed by atoms with van der Waals surface area (Å²) in [6.45, 7) is 0. The predicted molar refractivity (Wildman–Crippen MR) is 65.4 cm³/mol. The van der Waals surface area contributed by atoms with E-state index in [1.165, 1.54) is 0 Å². The van der Waals surface area contributed by atoms with Crippen molar-refractivity contribution in [1.82, 2.24) is 10.2 Å². The lowest BCUT2D eigenvalue weighted by Gasteiger charge is -2.21. The summed E-state index contributed by atoms with van der Waals surface area (Å²) < 4.78 is 0. The molecular formula is C13H11ClN2O. The molecule has 0 radical (unpaired) electrons. The molecule has 1 aliphatic rings. The van der Waals surface area contributed by atoms with E-state index < -0.39 is 0 Å². The molecule has 2 aromatic rings. The highest BCUT2D eigenvalue weighted by atomic mass is 35.5. The molecule has 0 bridgehead atoms. The van der Waals surface area contributed by atoms with Gasteiger partial charge in [-0.05, 0) is 30.0 Å². The Labute approximate surface area is 104 Å². The van der Waals surface area contributed by atoms with E-state index in [1.807, 2.05) is 24.3 Å². The van der Waals surface area contributed by atoms with E-state index in [-0.39, 0.29) is 11.7 Å². The van der Waals surface area contributed by atoms with Crippen LogP contribution < -0.4 is 0 Å². The number of carbonyl (C=O) groups is 1. The van der Waals surface area contributed by atoms with Crippen LogP contribution in [0.2, 0.25) is 5.02 Å². The van der Waals surface area contributed by atoms with Gasteiger partial charge in [-0.3, -0.25) is 9.89 Å². The number of ketones is 1. The Balaban J connectivity index is 1.96. The van der Waals surface area contributed by atoms with Gasteiger partial charge in [0.15, 0.2) is 5.78 Å². The first-order valence-corrected chi connectivity index (χ1v) is 5.93. The molecule has 0 fully saturated rings. The molecule has 0 spiro atoms. The first-order valence-electron chi connectivity index (χ1n) is 5.55. The fourth-order valence-electron chi connectivity index (χ4n) is 2.36. The number of aromatic nitrogens is 2. The van der Waals surface area contributed by atoms with Gasteiger partial charge in [0.05, 0.1) is 11.8 Å². The van der Waals surface area contributed by atoms with Crippen LogP contribution in [-0.4, -0.2) is 16.0 Å². The zero-order valence-corrected chi connectivity index (χ0v) is 9.87. The maximum atomic E-state index is 11.9. The molecule has 1 N–H and O–H groups in total. The molecule has 4 heteroatoms. The maximum absolute atomic E-state index is 11.9. The molecule has 1 atom stereocenters. The summed E-state index contributed by atoms with van der Waals surface area (Å²) in [6, 6.07) is 7.72. The van der Waals surface area contributed by atoms with Crippen LogP contribution in [0.25, 0.3) is 0 Å². The molecule has 17 heavy (non-hydrogen) atoms. The number of aromatic amines is 1. The van der Waals surface area contributed by atoms with Crippen LogP contribution in [0.5, 0.6) is 0 Å². The van der Waals surface area contributed by atoms with Gasteiger partial charge in [-0.25, -0.2) is 0 Å². The molecule has 0 saturated carbocycles. The highest BCUT2D eigenvalue weighted by Gasteiger charge is 2.27. The summed E-state index contributed by atoms with van der Waals surface area (Å²) in [5.74, 6) is 0.360. The molecule has 0 unspecified atom stereocenters. The van der Waals surface area contributed by atoms with Crippen LogP contribution in [0.3, 0.4) is 0 Å². The number of fused-ring (bicyclic) bond motifs is 1. The van der Waals surface area contributed by atoms with E-state index in [0.717, 1.165) is 23.2 Å². The third-order valence-electron chi connectivity index (χ3n) is 3.22. The third kappa shape index (κ3) is 1.87. The Bertz CT molecular complexity index is 576. The van der Waals surface area contributed by atoms with Gasteiger partial charge in [-0.2, -0.15) is 5.10 Å². The molecular weight excluding hydrogens is 236 g/mol. The number of Topliss-reactive ketones (excluding diaryl/α,β-unsaturated/α-hetero) is 1. The Morgan fingerprint density at radius 3 is 3.06 bits per heavy atom. The molecule has 1 aliphatic carbocycles. The zero-order valence-electron chi connectivity index (χ0n) is 9.11. The van der Waals surface area contributed by atoms with Crippen molar-refractivity contribution in [2.24, 2.45) is 0 Å². The summed E-state index contributed by atoms with van der Waals surface area (Å²) in [5, 5.41) is 7.54. The molecule has 3 nitrogen and oxygen atoms in total. The van der Waals surface area contributed by atoms with Crippen LogP contribution in [0, 0.1) is 0 Å². The number of benzene rings is 1. The van der Waals surface area contributed by atoms with Crippen LogP contribution in [0.4, 0.5) is 0 Å². The quantitative estimate of drug-likeness (QED) is 0.841. The first kappa shape index (κ1) is 10.5. The Kier molecular flexibility index (Phi) is 2.48. The van der Waals surface area contributed by atoms with Gasteiger partial charge in [0.25, 0.3) is 0 Å². The van der Waals surface area contributed by atoms with Gasteiger partial charge in [-0.15, -0.1) is 0 Å². The molecule has 0 amide bonds. The predicted octanol–water partition coefficient (Wildman–Crippen LogP) is 2.98. The van der Waals surface area contributed by atoms with Crippen molar-refractivity contribution >= 4 is 17.4 Å². The second kappa shape index (κ2) is 4.00. The Hall–Kier alpha value is -1.61. The molecule has 1 aromatic carbocycles. The number of nitrogens with one attached hydrogen (secondary N) is 1. The number of hydrogen-bond donors (Lipinski definition) is 1. The molecule has 0 saturated heterocycles. The van der Waals surface area contributed by atoms with Crippen molar-refractivity contribution in [3.63, 3.8) is 0 Å². The minimum atomic E-state index is 0.157. The average Bonchev–Trinajstić information content (AvgIpc) is 2.77. The van der Waals surface area contributed by atoms with Crippen LogP contribution in [-0.2, 0) is 6.42 Å². The van der Waals surface area contributed by atoms with E-state index in [4.69, 9.17) is 11.6 Å². The molecule has 1 heterocycles. The minimum absolute atomic E-state index is 0.157. The second-order valence-electron chi connectivity index (χ2n) is 4.35. The normalized spacial score (nSPS) is 19.1. The SMILES string of the molecule is O=C1C[C@@H](c2cccc(Cl)c2)Cc2[nH]ncc21. The lowest BCUT2D eigenvalue weighted by Crippen LogP contribution is -2.17. The highest BCUT2D eigenvalue weighted by Crippen LogP contribution is 2.32. The molecule has 0 aliphatic heterocycles. The summed E-state index contributed by atoms with van der Waals surface area (Å²) >= 11 is 5.97. The van der Waals surface area contributed by atoms with Gasteiger partial charge < -0.3 is 0 Å². The second-order valence-corrected chi connectivity index (χ2v) is 4.78. The van der Waals surface area contributed by atoms with Crippen LogP contribution in [0.1, 0.15) is 34.0 Å². The van der Waals surface area contributed by atoms with Gasteiger partial charge in [-0.1, -0.05) is 23.7 Å². The lowest BCUT2D eigenvalue weighted by atomic mass is 9.83. The highest BCUT2D eigenvalue weighted by molar-refractivity contribution is 6.30. The van der Waals surface area contributed by atoms with Crippen LogP contribution in [0.15, 0.2) is 30.5 Å². The van der Waals surface area contributed by atoms with Gasteiger partial charge >= 0.3 is 0 Å². The van der Waals surface area contributed by atoms with Crippen molar-refractivity contribution in [2.45, 2.75) is 18.8 Å². The Morgan fingerprint density at radius 1 is 1.35 bits per heavy atom. The fourth-order valence-corrected chi connectivity index (χ4v) is 2.56. The van der Waals surface area contributed by atoms with Crippen molar-refractivity contribution in [3.8, 4) is 0 Å². The number of H-pyrrole nitrogens is 1. The third-order valence-corrected chi connectivity index (χ3v) is 3.46. The summed E-state index contributed by atoms with van der Waals surface area (Å²) in [6.07, 6.45) is 2.97. The summed E-state index contributed by atoms with van der Waals surface area (Å²) in [5.41, 5.74) is 2.79. The van der Waals surface area contributed by atoms with E-state index in [1.54, 1.807) is 6.20 Å². The molecule has 3 rings (SSSR count). The van der Waals surface area contributed by atoms with Crippen molar-refractivity contribution in [1.29, 1.82) is 0 Å². The number of rotatable bonds is 1.